The molecule has 1 aromatic rings. The van der Waals surface area contributed by atoms with Gasteiger partial charge in [-0.3, -0.25) is 19.8 Å². The lowest BCUT2D eigenvalue weighted by Gasteiger charge is -2.37. The minimum Gasteiger partial charge on any atom is -0.376 e. The number of nitro groups is 1. The van der Waals surface area contributed by atoms with Crippen LogP contribution in [0.25, 0.3) is 0 Å². The van der Waals surface area contributed by atoms with Gasteiger partial charge >= 0.3 is 0 Å². The molecule has 0 radical (unpaired) electrons. The first-order valence-electron chi connectivity index (χ1n) is 7.14. The molecule has 0 bridgehead atoms. The summed E-state index contributed by atoms with van der Waals surface area (Å²) in [5.41, 5.74) is 0.335. The first-order valence-corrected chi connectivity index (χ1v) is 7.14. The van der Waals surface area contributed by atoms with Gasteiger partial charge in [0.15, 0.2) is 5.78 Å². The second kappa shape index (κ2) is 6.78. The summed E-state index contributed by atoms with van der Waals surface area (Å²) in [6.45, 7) is 5.65. The van der Waals surface area contributed by atoms with Crippen molar-refractivity contribution in [3.8, 4) is 0 Å². The molecule has 1 aliphatic rings. The number of hydrogen-bond acceptors (Lipinski definition) is 5. The van der Waals surface area contributed by atoms with E-state index in [-0.39, 0.29) is 30.2 Å². The molecule has 2 rings (SSSR count). The molecule has 1 aromatic carbocycles. The second-order valence-corrected chi connectivity index (χ2v) is 5.37. The third-order valence-corrected chi connectivity index (χ3v) is 3.78. The number of morpholine rings is 1. The highest BCUT2D eigenvalue weighted by molar-refractivity contribution is 5.98. The molecule has 1 saturated heterocycles. The number of Topliss-reactive ketones (excluding diaryl/α,β-unsaturated/α-hetero) is 1. The zero-order valence-electron chi connectivity index (χ0n) is 12.3. The number of hydrogen-bond donors (Lipinski definition) is 0. The van der Waals surface area contributed by atoms with Crippen LogP contribution in [0, 0.1) is 10.1 Å². The van der Waals surface area contributed by atoms with Crippen molar-refractivity contribution in [3.63, 3.8) is 0 Å². The quantitative estimate of drug-likeness (QED) is 0.473. The highest BCUT2D eigenvalue weighted by Crippen LogP contribution is 2.17. The van der Waals surface area contributed by atoms with E-state index in [9.17, 15) is 14.9 Å². The summed E-state index contributed by atoms with van der Waals surface area (Å²) >= 11 is 0. The summed E-state index contributed by atoms with van der Waals surface area (Å²) < 4.78 is 5.61. The smallest absolute Gasteiger partial charge is 0.270 e. The molecular weight excluding hydrogens is 272 g/mol. The second-order valence-electron chi connectivity index (χ2n) is 5.37. The van der Waals surface area contributed by atoms with Crippen LogP contribution < -0.4 is 0 Å². The molecule has 1 aliphatic heterocycles. The molecule has 2 unspecified atom stereocenters. The Kier molecular flexibility index (Phi) is 5.03. The van der Waals surface area contributed by atoms with Crippen LogP contribution >= 0.6 is 0 Å². The molecule has 0 aliphatic carbocycles. The Bertz CT molecular complexity index is 532. The van der Waals surface area contributed by atoms with Gasteiger partial charge in [-0.1, -0.05) is 19.1 Å². The molecule has 0 aromatic heterocycles. The molecule has 6 heteroatoms. The third kappa shape index (κ3) is 3.86. The van der Waals surface area contributed by atoms with Crippen LogP contribution in [0.2, 0.25) is 0 Å². The fraction of sp³-hybridized carbons (Fsp3) is 0.533. The van der Waals surface area contributed by atoms with Crippen LogP contribution in [0.15, 0.2) is 24.3 Å². The van der Waals surface area contributed by atoms with Crippen molar-refractivity contribution in [3.05, 3.63) is 39.9 Å². The Hall–Kier alpha value is -1.79. The van der Waals surface area contributed by atoms with E-state index >= 15 is 0 Å². The lowest BCUT2D eigenvalue weighted by Crippen LogP contribution is -2.50. The molecule has 114 valence electrons. The number of ketones is 1. The molecule has 0 N–H and O–H groups in total. The number of nitro benzene ring substituents is 1. The van der Waals surface area contributed by atoms with Gasteiger partial charge in [0.25, 0.3) is 5.69 Å². The zero-order valence-corrected chi connectivity index (χ0v) is 12.3. The maximum atomic E-state index is 12.4. The molecule has 0 amide bonds. The van der Waals surface area contributed by atoms with E-state index in [4.69, 9.17) is 4.74 Å². The van der Waals surface area contributed by atoms with Crippen LogP contribution in [-0.4, -0.2) is 47.4 Å². The maximum Gasteiger partial charge on any atom is 0.270 e. The van der Waals surface area contributed by atoms with Gasteiger partial charge < -0.3 is 4.74 Å². The first kappa shape index (κ1) is 15.6. The van der Waals surface area contributed by atoms with Gasteiger partial charge in [-0.05, 0) is 13.3 Å². The molecule has 1 fully saturated rings. The predicted molar refractivity (Wildman–Crippen MR) is 78.5 cm³/mol. The van der Waals surface area contributed by atoms with Crippen molar-refractivity contribution in [1.82, 2.24) is 4.90 Å². The van der Waals surface area contributed by atoms with Crippen LogP contribution in [-0.2, 0) is 4.74 Å². The summed E-state index contributed by atoms with van der Waals surface area (Å²) in [5.74, 6) is -0.0914. The van der Waals surface area contributed by atoms with Crippen molar-refractivity contribution >= 4 is 11.5 Å². The van der Waals surface area contributed by atoms with Gasteiger partial charge in [-0.2, -0.15) is 0 Å². The van der Waals surface area contributed by atoms with Crippen molar-refractivity contribution in [2.75, 3.05) is 19.7 Å². The Balaban J connectivity index is 2.09. The van der Waals surface area contributed by atoms with Crippen LogP contribution in [0.4, 0.5) is 5.69 Å². The fourth-order valence-corrected chi connectivity index (χ4v) is 2.55. The van der Waals surface area contributed by atoms with Crippen molar-refractivity contribution in [2.24, 2.45) is 0 Å². The molecule has 2 atom stereocenters. The zero-order chi connectivity index (χ0) is 15.4. The van der Waals surface area contributed by atoms with Crippen LogP contribution in [0.3, 0.4) is 0 Å². The van der Waals surface area contributed by atoms with Gasteiger partial charge in [0.05, 0.1) is 24.2 Å². The number of ether oxygens (including phenoxy) is 1. The maximum absolute atomic E-state index is 12.4. The standard InChI is InChI=1S/C15H20N2O4/c1-3-13-10-21-11(2)8-16(13)9-15(18)12-5-4-6-14(7-12)17(19)20/h4-7,11,13H,3,8-10H2,1-2H3. The van der Waals surface area contributed by atoms with Gasteiger partial charge in [-0.25, -0.2) is 0 Å². The summed E-state index contributed by atoms with van der Waals surface area (Å²) in [6, 6.07) is 6.13. The van der Waals surface area contributed by atoms with Crippen molar-refractivity contribution in [1.29, 1.82) is 0 Å². The normalized spacial score (nSPS) is 23.0. The largest absolute Gasteiger partial charge is 0.376 e. The highest BCUT2D eigenvalue weighted by Gasteiger charge is 2.27. The number of rotatable bonds is 5. The predicted octanol–water partition coefficient (Wildman–Crippen LogP) is 2.28. The number of nitrogens with zero attached hydrogens (tertiary/aromatic N) is 2. The van der Waals surface area contributed by atoms with E-state index in [1.165, 1.54) is 12.1 Å². The van der Waals surface area contributed by atoms with Gasteiger partial charge in [0, 0.05) is 30.3 Å². The fourth-order valence-electron chi connectivity index (χ4n) is 2.55. The minimum atomic E-state index is -0.484. The topological polar surface area (TPSA) is 72.7 Å². The Labute approximate surface area is 123 Å². The summed E-state index contributed by atoms with van der Waals surface area (Å²) in [5, 5.41) is 10.8. The molecule has 0 spiro atoms. The SMILES string of the molecule is CCC1COC(C)CN1CC(=O)c1cccc([N+](=O)[O-])c1. The number of carbonyl (C=O) groups excluding carboxylic acids is 1. The summed E-state index contributed by atoms with van der Waals surface area (Å²) in [7, 11) is 0. The number of non-ortho nitro benzene ring substituents is 1. The Morgan fingerprint density at radius 1 is 1.52 bits per heavy atom. The van der Waals surface area contributed by atoms with E-state index < -0.39 is 4.92 Å². The van der Waals surface area contributed by atoms with E-state index in [1.807, 2.05) is 6.92 Å². The Morgan fingerprint density at radius 2 is 2.29 bits per heavy atom. The van der Waals surface area contributed by atoms with E-state index in [0.29, 0.717) is 18.7 Å². The Morgan fingerprint density at radius 3 is 2.95 bits per heavy atom. The van der Waals surface area contributed by atoms with Gasteiger partial charge in [0.1, 0.15) is 0 Å². The molecule has 6 nitrogen and oxygen atoms in total. The van der Waals surface area contributed by atoms with Crippen LogP contribution in [0.5, 0.6) is 0 Å². The molecule has 0 saturated carbocycles. The van der Waals surface area contributed by atoms with E-state index in [1.54, 1.807) is 12.1 Å². The monoisotopic (exact) mass is 292 g/mol. The number of carbonyl (C=O) groups is 1. The summed E-state index contributed by atoms with van der Waals surface area (Å²) in [4.78, 5) is 24.7. The lowest BCUT2D eigenvalue weighted by atomic mass is 10.1. The first-order chi connectivity index (χ1) is 10.0. The number of benzene rings is 1. The van der Waals surface area contributed by atoms with Gasteiger partial charge in [-0.15, -0.1) is 0 Å². The van der Waals surface area contributed by atoms with E-state index in [0.717, 1.165) is 6.42 Å². The molecular formula is C15H20N2O4. The average Bonchev–Trinajstić information content (AvgIpc) is 2.47. The van der Waals surface area contributed by atoms with Gasteiger partial charge in [0.2, 0.25) is 0 Å². The van der Waals surface area contributed by atoms with E-state index in [2.05, 4.69) is 11.8 Å². The lowest BCUT2D eigenvalue weighted by molar-refractivity contribution is -0.384. The average molecular weight is 292 g/mol. The van der Waals surface area contributed by atoms with Crippen molar-refractivity contribution < 1.29 is 14.5 Å². The summed E-state index contributed by atoms with van der Waals surface area (Å²) in [6.07, 6.45) is 1.01. The molecule has 21 heavy (non-hydrogen) atoms. The van der Waals surface area contributed by atoms with Crippen LogP contribution in [0.1, 0.15) is 30.6 Å². The molecule has 1 heterocycles. The van der Waals surface area contributed by atoms with Crippen molar-refractivity contribution in [2.45, 2.75) is 32.4 Å². The minimum absolute atomic E-state index is 0.0526. The third-order valence-electron chi connectivity index (χ3n) is 3.78. The highest BCUT2D eigenvalue weighted by atomic mass is 16.6.